The summed E-state index contributed by atoms with van der Waals surface area (Å²) in [4.78, 5) is 23.9. The Morgan fingerprint density at radius 3 is 1.89 bits per heavy atom. The minimum absolute atomic E-state index is 0.00432. The average Bonchev–Trinajstić information content (AvgIpc) is 2.58. The standard InChI is InChI=1S/C18H20F6N2O2/c19-17(20,21)12-6-10(7-13(9-12)18(22,23)24)8-14(27)26-15(16(25)28)11-4-2-1-3-5-11/h6-7,9,11,15H,1-5,8H2,(H2,25,28)(H,26,27)/t15-/m1/s1. The molecule has 0 bridgehead atoms. The van der Waals surface area contributed by atoms with E-state index in [1.807, 2.05) is 0 Å². The van der Waals surface area contributed by atoms with Crippen LogP contribution < -0.4 is 11.1 Å². The first-order chi connectivity index (χ1) is 12.9. The van der Waals surface area contributed by atoms with Crippen LogP contribution in [0.2, 0.25) is 0 Å². The summed E-state index contributed by atoms with van der Waals surface area (Å²) in [7, 11) is 0. The van der Waals surface area contributed by atoms with E-state index in [9.17, 15) is 35.9 Å². The molecule has 0 radical (unpaired) electrons. The number of carbonyl (C=O) groups excluding carboxylic acids is 2. The topological polar surface area (TPSA) is 72.2 Å². The third-order valence-electron chi connectivity index (χ3n) is 4.76. The van der Waals surface area contributed by atoms with Crippen LogP contribution >= 0.6 is 0 Å². The molecule has 2 rings (SSSR count). The van der Waals surface area contributed by atoms with Gasteiger partial charge in [0.25, 0.3) is 0 Å². The molecule has 4 nitrogen and oxygen atoms in total. The normalized spacial score (nSPS) is 17.2. The number of hydrogen-bond donors (Lipinski definition) is 2. The lowest BCUT2D eigenvalue weighted by Crippen LogP contribution is -2.50. The molecule has 0 aliphatic heterocycles. The minimum Gasteiger partial charge on any atom is -0.368 e. The van der Waals surface area contributed by atoms with Gasteiger partial charge in [-0.1, -0.05) is 19.3 Å². The van der Waals surface area contributed by atoms with E-state index in [-0.39, 0.29) is 12.0 Å². The van der Waals surface area contributed by atoms with Gasteiger partial charge >= 0.3 is 12.4 Å². The molecule has 1 aliphatic carbocycles. The van der Waals surface area contributed by atoms with Crippen LogP contribution in [0, 0.1) is 5.92 Å². The van der Waals surface area contributed by atoms with Gasteiger partial charge in [-0.3, -0.25) is 9.59 Å². The number of nitrogens with one attached hydrogen (secondary N) is 1. The van der Waals surface area contributed by atoms with Crippen molar-refractivity contribution in [1.29, 1.82) is 0 Å². The molecule has 156 valence electrons. The Balaban J connectivity index is 2.20. The highest BCUT2D eigenvalue weighted by Gasteiger charge is 2.37. The molecule has 3 N–H and O–H groups in total. The van der Waals surface area contributed by atoms with E-state index in [1.54, 1.807) is 0 Å². The van der Waals surface area contributed by atoms with Crippen molar-refractivity contribution >= 4 is 11.8 Å². The summed E-state index contributed by atoms with van der Waals surface area (Å²) in [5.41, 5.74) is 1.88. The summed E-state index contributed by atoms with van der Waals surface area (Å²) in [6.07, 6.45) is -6.70. The summed E-state index contributed by atoms with van der Waals surface area (Å²) in [5.74, 6) is -1.83. The Labute approximate surface area is 157 Å². The van der Waals surface area contributed by atoms with E-state index < -0.39 is 53.3 Å². The predicted octanol–water partition coefficient (Wildman–Crippen LogP) is 3.82. The van der Waals surface area contributed by atoms with Crippen molar-refractivity contribution in [2.24, 2.45) is 11.7 Å². The van der Waals surface area contributed by atoms with Crippen LogP contribution in [0.4, 0.5) is 26.3 Å². The molecule has 2 amide bonds. The maximum absolute atomic E-state index is 12.9. The van der Waals surface area contributed by atoms with Gasteiger partial charge in [0.05, 0.1) is 17.5 Å². The van der Waals surface area contributed by atoms with Gasteiger partial charge in [0.1, 0.15) is 6.04 Å². The molecule has 0 aromatic heterocycles. The Kier molecular flexibility index (Phi) is 6.61. The molecule has 0 heterocycles. The van der Waals surface area contributed by atoms with Crippen LogP contribution in [-0.4, -0.2) is 17.9 Å². The van der Waals surface area contributed by atoms with Crippen molar-refractivity contribution in [2.45, 2.75) is 56.9 Å². The molecule has 1 aromatic rings. The van der Waals surface area contributed by atoms with Crippen molar-refractivity contribution < 1.29 is 35.9 Å². The number of benzene rings is 1. The van der Waals surface area contributed by atoms with Gasteiger partial charge < -0.3 is 11.1 Å². The second-order valence-corrected chi connectivity index (χ2v) is 6.94. The van der Waals surface area contributed by atoms with Crippen LogP contribution in [0.15, 0.2) is 18.2 Å². The lowest BCUT2D eigenvalue weighted by Gasteiger charge is -2.28. The minimum atomic E-state index is -5.00. The van der Waals surface area contributed by atoms with E-state index in [0.29, 0.717) is 25.0 Å². The smallest absolute Gasteiger partial charge is 0.368 e. The number of halogens is 6. The number of primary amides is 1. The lowest BCUT2D eigenvalue weighted by molar-refractivity contribution is -0.143. The number of carbonyl (C=O) groups is 2. The van der Waals surface area contributed by atoms with E-state index in [1.165, 1.54) is 0 Å². The second-order valence-electron chi connectivity index (χ2n) is 6.94. The largest absolute Gasteiger partial charge is 0.416 e. The third-order valence-corrected chi connectivity index (χ3v) is 4.76. The highest BCUT2D eigenvalue weighted by Crippen LogP contribution is 2.36. The molecule has 1 fully saturated rings. The first-order valence-corrected chi connectivity index (χ1v) is 8.75. The molecule has 1 aliphatic rings. The molecule has 0 spiro atoms. The lowest BCUT2D eigenvalue weighted by atomic mass is 9.83. The van der Waals surface area contributed by atoms with Crippen LogP contribution in [-0.2, 0) is 28.4 Å². The maximum atomic E-state index is 12.9. The first kappa shape index (κ1) is 22.0. The molecule has 28 heavy (non-hydrogen) atoms. The monoisotopic (exact) mass is 410 g/mol. The molecule has 1 saturated carbocycles. The quantitative estimate of drug-likeness (QED) is 0.725. The fourth-order valence-corrected chi connectivity index (χ4v) is 3.42. The van der Waals surface area contributed by atoms with E-state index in [2.05, 4.69) is 5.32 Å². The van der Waals surface area contributed by atoms with Crippen molar-refractivity contribution in [3.63, 3.8) is 0 Å². The number of nitrogens with two attached hydrogens (primary N) is 1. The number of hydrogen-bond acceptors (Lipinski definition) is 2. The van der Waals surface area contributed by atoms with E-state index in [0.717, 1.165) is 19.3 Å². The number of alkyl halides is 6. The summed E-state index contributed by atoms with van der Waals surface area (Å²) < 4.78 is 77.4. The van der Waals surface area contributed by atoms with Crippen LogP contribution in [0.3, 0.4) is 0 Å². The summed E-state index contributed by atoms with van der Waals surface area (Å²) in [6.45, 7) is 0. The predicted molar refractivity (Wildman–Crippen MR) is 87.9 cm³/mol. The second kappa shape index (κ2) is 8.40. The van der Waals surface area contributed by atoms with Gasteiger partial charge in [-0.25, -0.2) is 0 Å². The third kappa shape index (κ3) is 5.87. The Hall–Kier alpha value is -2.26. The molecule has 1 aromatic carbocycles. The first-order valence-electron chi connectivity index (χ1n) is 8.75. The molecule has 10 heteroatoms. The van der Waals surface area contributed by atoms with Gasteiger partial charge in [-0.2, -0.15) is 26.3 Å². The Bertz CT molecular complexity index is 692. The van der Waals surface area contributed by atoms with Crippen molar-refractivity contribution in [2.75, 3.05) is 0 Å². The number of rotatable bonds is 5. The summed E-state index contributed by atoms with van der Waals surface area (Å²) in [5, 5.41) is 2.38. The van der Waals surface area contributed by atoms with Crippen LogP contribution in [0.25, 0.3) is 0 Å². The van der Waals surface area contributed by atoms with E-state index in [4.69, 9.17) is 5.73 Å². The average molecular weight is 410 g/mol. The van der Waals surface area contributed by atoms with Crippen LogP contribution in [0.5, 0.6) is 0 Å². The molecular formula is C18H20F6N2O2. The summed E-state index contributed by atoms with van der Waals surface area (Å²) >= 11 is 0. The Morgan fingerprint density at radius 1 is 0.964 bits per heavy atom. The van der Waals surface area contributed by atoms with Crippen molar-refractivity contribution in [1.82, 2.24) is 5.32 Å². The SMILES string of the molecule is NC(=O)[C@H](NC(=O)Cc1cc(C(F)(F)F)cc(C(F)(F)F)c1)C1CCCCC1. The molecule has 0 unspecified atom stereocenters. The fraction of sp³-hybridized carbons (Fsp3) is 0.556. The van der Waals surface area contributed by atoms with Crippen molar-refractivity contribution in [3.05, 3.63) is 34.9 Å². The highest BCUT2D eigenvalue weighted by atomic mass is 19.4. The maximum Gasteiger partial charge on any atom is 0.416 e. The fourth-order valence-electron chi connectivity index (χ4n) is 3.42. The molecule has 1 atom stereocenters. The van der Waals surface area contributed by atoms with Gasteiger partial charge in [-0.05, 0) is 42.5 Å². The van der Waals surface area contributed by atoms with Gasteiger partial charge in [-0.15, -0.1) is 0 Å². The molecular weight excluding hydrogens is 390 g/mol. The zero-order valence-electron chi connectivity index (χ0n) is 14.8. The Morgan fingerprint density at radius 2 is 1.46 bits per heavy atom. The highest BCUT2D eigenvalue weighted by molar-refractivity contribution is 5.87. The van der Waals surface area contributed by atoms with Crippen molar-refractivity contribution in [3.8, 4) is 0 Å². The van der Waals surface area contributed by atoms with Crippen LogP contribution in [0.1, 0.15) is 48.8 Å². The zero-order valence-corrected chi connectivity index (χ0v) is 14.8. The molecule has 0 saturated heterocycles. The van der Waals surface area contributed by atoms with Gasteiger partial charge in [0.15, 0.2) is 0 Å². The number of amides is 2. The van der Waals surface area contributed by atoms with Gasteiger partial charge in [0, 0.05) is 0 Å². The zero-order chi connectivity index (χ0) is 21.1. The summed E-state index contributed by atoms with van der Waals surface area (Å²) in [6, 6.07) is -0.0142. The van der Waals surface area contributed by atoms with E-state index >= 15 is 0 Å². The van der Waals surface area contributed by atoms with Gasteiger partial charge in [0.2, 0.25) is 11.8 Å².